The summed E-state index contributed by atoms with van der Waals surface area (Å²) >= 11 is 1.66. The van der Waals surface area contributed by atoms with Crippen LogP contribution in [0, 0.1) is 0 Å². The number of benzene rings is 1. The summed E-state index contributed by atoms with van der Waals surface area (Å²) in [6.45, 7) is 4.36. The Bertz CT molecular complexity index is 659. The number of ether oxygens (including phenoxy) is 1. The maximum Gasteiger partial charge on any atom is 0.317 e. The molecule has 2 amide bonds. The van der Waals surface area contributed by atoms with E-state index in [1.165, 1.54) is 5.56 Å². The van der Waals surface area contributed by atoms with Crippen molar-refractivity contribution in [2.45, 2.75) is 32.4 Å². The number of nitrogens with one attached hydrogen (secondary N) is 1. The van der Waals surface area contributed by atoms with Crippen LogP contribution in [-0.2, 0) is 24.1 Å². The maximum absolute atomic E-state index is 12.2. The van der Waals surface area contributed by atoms with Gasteiger partial charge in [0.2, 0.25) is 0 Å². The van der Waals surface area contributed by atoms with Crippen molar-refractivity contribution in [1.29, 1.82) is 0 Å². The second-order valence-electron chi connectivity index (χ2n) is 6.00. The van der Waals surface area contributed by atoms with E-state index >= 15 is 0 Å². The molecule has 0 radical (unpaired) electrons. The molecule has 1 N–H and O–H groups in total. The molecule has 0 unspecified atom stereocenters. The molecule has 0 spiro atoms. The molecule has 1 saturated heterocycles. The van der Waals surface area contributed by atoms with Crippen molar-refractivity contribution in [2.75, 3.05) is 19.7 Å². The first kappa shape index (κ1) is 16.9. The summed E-state index contributed by atoms with van der Waals surface area (Å²) in [6, 6.07) is 10.4. The largest absolute Gasteiger partial charge is 0.375 e. The molecule has 5 nitrogen and oxygen atoms in total. The number of morpholine rings is 1. The van der Waals surface area contributed by atoms with Gasteiger partial charge < -0.3 is 15.0 Å². The van der Waals surface area contributed by atoms with Crippen molar-refractivity contribution in [3.63, 3.8) is 0 Å². The Labute approximate surface area is 146 Å². The Morgan fingerprint density at radius 1 is 1.38 bits per heavy atom. The van der Waals surface area contributed by atoms with E-state index in [-0.39, 0.29) is 12.1 Å². The van der Waals surface area contributed by atoms with Gasteiger partial charge in [0.15, 0.2) is 0 Å². The third-order valence-corrected chi connectivity index (χ3v) is 4.98. The highest BCUT2D eigenvalue weighted by Crippen LogP contribution is 2.13. The topological polar surface area (TPSA) is 54.5 Å². The summed E-state index contributed by atoms with van der Waals surface area (Å²) in [5.74, 6) is 0. The smallest absolute Gasteiger partial charge is 0.317 e. The average Bonchev–Trinajstić information content (AvgIpc) is 3.07. The van der Waals surface area contributed by atoms with E-state index in [9.17, 15) is 4.79 Å². The van der Waals surface area contributed by atoms with E-state index in [2.05, 4.69) is 34.6 Å². The second-order valence-corrected chi connectivity index (χ2v) is 6.95. The first-order chi connectivity index (χ1) is 11.7. The molecule has 24 heavy (non-hydrogen) atoms. The van der Waals surface area contributed by atoms with Gasteiger partial charge in [-0.3, -0.25) is 0 Å². The van der Waals surface area contributed by atoms with E-state index in [4.69, 9.17) is 4.74 Å². The third kappa shape index (κ3) is 4.79. The monoisotopic (exact) mass is 345 g/mol. The summed E-state index contributed by atoms with van der Waals surface area (Å²) in [7, 11) is 0. The number of hydrogen-bond acceptors (Lipinski definition) is 4. The Hall–Kier alpha value is -1.92. The van der Waals surface area contributed by atoms with E-state index in [0.29, 0.717) is 26.2 Å². The number of amides is 2. The van der Waals surface area contributed by atoms with Crippen molar-refractivity contribution in [2.24, 2.45) is 0 Å². The summed E-state index contributed by atoms with van der Waals surface area (Å²) < 4.78 is 5.46. The number of thiazole rings is 1. The van der Waals surface area contributed by atoms with E-state index in [1.54, 1.807) is 16.2 Å². The minimum atomic E-state index is -0.0380. The molecule has 1 aromatic heterocycles. The van der Waals surface area contributed by atoms with Gasteiger partial charge in [-0.2, -0.15) is 0 Å². The zero-order valence-electron chi connectivity index (χ0n) is 13.9. The van der Waals surface area contributed by atoms with Crippen molar-refractivity contribution < 1.29 is 9.53 Å². The van der Waals surface area contributed by atoms with Gasteiger partial charge in [-0.25, -0.2) is 9.78 Å². The van der Waals surface area contributed by atoms with E-state index in [0.717, 1.165) is 23.5 Å². The molecule has 1 fully saturated rings. The molecule has 128 valence electrons. The van der Waals surface area contributed by atoms with Crippen LogP contribution in [0.2, 0.25) is 0 Å². The molecule has 3 rings (SSSR count). The molecule has 0 bridgehead atoms. The molecule has 0 saturated carbocycles. The molecular formula is C18H23N3O2S. The number of nitrogens with zero attached hydrogens (tertiary/aromatic N) is 2. The second kappa shape index (κ2) is 8.26. The van der Waals surface area contributed by atoms with Crippen molar-refractivity contribution >= 4 is 17.4 Å². The zero-order valence-corrected chi connectivity index (χ0v) is 14.7. The number of rotatable bonds is 5. The number of aromatic nitrogens is 1. The van der Waals surface area contributed by atoms with Crippen molar-refractivity contribution in [1.82, 2.24) is 15.2 Å². The van der Waals surface area contributed by atoms with Gasteiger partial charge in [-0.1, -0.05) is 30.3 Å². The molecular weight excluding hydrogens is 322 g/mol. The fraction of sp³-hybridized carbons (Fsp3) is 0.444. The van der Waals surface area contributed by atoms with Crippen LogP contribution in [0.3, 0.4) is 0 Å². The molecule has 6 heteroatoms. The molecule has 1 aliphatic heterocycles. The Morgan fingerprint density at radius 3 is 3.00 bits per heavy atom. The van der Waals surface area contributed by atoms with Gasteiger partial charge in [0.1, 0.15) is 0 Å². The van der Waals surface area contributed by atoms with Crippen LogP contribution in [0.4, 0.5) is 4.79 Å². The summed E-state index contributed by atoms with van der Waals surface area (Å²) in [4.78, 5) is 18.6. The van der Waals surface area contributed by atoms with E-state index in [1.807, 2.05) is 18.4 Å². The van der Waals surface area contributed by atoms with Crippen molar-refractivity contribution in [3.05, 3.63) is 52.0 Å². The zero-order chi connectivity index (χ0) is 16.8. The average molecular weight is 345 g/mol. The quantitative estimate of drug-likeness (QED) is 0.906. The Balaban J connectivity index is 1.45. The van der Waals surface area contributed by atoms with Crippen LogP contribution in [-0.4, -0.2) is 41.7 Å². The lowest BCUT2D eigenvalue weighted by atomic mass is 10.1. The van der Waals surface area contributed by atoms with Gasteiger partial charge >= 0.3 is 6.03 Å². The van der Waals surface area contributed by atoms with Crippen LogP contribution in [0.1, 0.15) is 23.2 Å². The van der Waals surface area contributed by atoms with Gasteiger partial charge in [0.25, 0.3) is 0 Å². The summed E-state index contributed by atoms with van der Waals surface area (Å²) in [6.07, 6.45) is 2.03. The molecule has 1 aromatic carbocycles. The van der Waals surface area contributed by atoms with E-state index < -0.39 is 0 Å². The molecule has 2 aromatic rings. The molecule has 1 atom stereocenters. The number of hydrogen-bond donors (Lipinski definition) is 1. The Kier molecular flexibility index (Phi) is 5.82. The normalized spacial score (nSPS) is 17.7. The number of carbonyl (C=O) groups is 1. The van der Waals surface area contributed by atoms with Gasteiger partial charge in [-0.05, 0) is 18.9 Å². The maximum atomic E-state index is 12.2. The van der Waals surface area contributed by atoms with Crippen LogP contribution < -0.4 is 5.32 Å². The Morgan fingerprint density at radius 2 is 2.21 bits per heavy atom. The summed E-state index contributed by atoms with van der Waals surface area (Å²) in [5, 5.41) is 6.10. The van der Waals surface area contributed by atoms with Crippen LogP contribution in [0.5, 0.6) is 0 Å². The lowest BCUT2D eigenvalue weighted by Crippen LogP contribution is -2.48. The first-order valence-electron chi connectivity index (χ1n) is 8.32. The third-order valence-electron chi connectivity index (χ3n) is 4.02. The minimum Gasteiger partial charge on any atom is -0.375 e. The molecule has 0 aliphatic carbocycles. The highest BCUT2D eigenvalue weighted by atomic mass is 32.1. The highest BCUT2D eigenvalue weighted by Gasteiger charge is 2.21. The van der Waals surface area contributed by atoms with Crippen LogP contribution in [0.15, 0.2) is 35.7 Å². The van der Waals surface area contributed by atoms with Crippen molar-refractivity contribution in [3.8, 4) is 0 Å². The fourth-order valence-corrected chi connectivity index (χ4v) is 3.52. The summed E-state index contributed by atoms with van der Waals surface area (Å²) in [5.41, 5.74) is 2.25. The van der Waals surface area contributed by atoms with Gasteiger partial charge in [0, 0.05) is 24.9 Å². The number of carbonyl (C=O) groups excluding carboxylic acids is 1. The lowest BCUT2D eigenvalue weighted by Gasteiger charge is -2.31. The SMILES string of the molecule is C[C@@H]1CN(C(=O)NCc2csc(CCc3ccccc3)n2)CCO1. The lowest BCUT2D eigenvalue weighted by molar-refractivity contribution is -0.00352. The predicted molar refractivity (Wildman–Crippen MR) is 95.2 cm³/mol. The predicted octanol–water partition coefficient (Wildman–Crippen LogP) is 2.86. The highest BCUT2D eigenvalue weighted by molar-refractivity contribution is 7.09. The minimum absolute atomic E-state index is 0.0380. The van der Waals surface area contributed by atoms with Crippen LogP contribution in [0.25, 0.3) is 0 Å². The van der Waals surface area contributed by atoms with Crippen LogP contribution >= 0.6 is 11.3 Å². The molecule has 2 heterocycles. The first-order valence-corrected chi connectivity index (χ1v) is 9.20. The van der Waals surface area contributed by atoms with Gasteiger partial charge in [-0.15, -0.1) is 11.3 Å². The molecule has 1 aliphatic rings. The standard InChI is InChI=1S/C18H23N3O2S/c1-14-12-21(9-10-23-14)18(22)19-11-16-13-24-17(20-16)8-7-15-5-3-2-4-6-15/h2-6,13-14H,7-12H2,1H3,(H,19,22)/t14-/m1/s1. The fourth-order valence-electron chi connectivity index (χ4n) is 2.72. The number of urea groups is 1. The number of aryl methyl sites for hydroxylation is 2. The van der Waals surface area contributed by atoms with Gasteiger partial charge in [0.05, 0.1) is 30.0 Å².